The molecule has 2 rings (SSSR count). The molecule has 0 bridgehead atoms. The molecule has 1 heterocycles. The summed E-state index contributed by atoms with van der Waals surface area (Å²) < 4.78 is 27.7. The van der Waals surface area contributed by atoms with Crippen molar-refractivity contribution in [1.29, 1.82) is 0 Å². The van der Waals surface area contributed by atoms with Gasteiger partial charge in [-0.2, -0.15) is 0 Å². The highest BCUT2D eigenvalue weighted by atomic mass is 32.2. The number of carbonyl (C=O) groups excluding carboxylic acids is 1. The summed E-state index contributed by atoms with van der Waals surface area (Å²) in [5.74, 6) is -0.991. The molecule has 1 aliphatic rings. The predicted octanol–water partition coefficient (Wildman–Crippen LogP) is -0.352. The molecule has 0 amide bonds. The van der Waals surface area contributed by atoms with E-state index in [1.54, 1.807) is 24.3 Å². The van der Waals surface area contributed by atoms with E-state index in [1.165, 1.54) is 7.11 Å². The molecule has 1 fully saturated rings. The van der Waals surface area contributed by atoms with Crippen LogP contribution in [0.15, 0.2) is 30.3 Å². The van der Waals surface area contributed by atoms with E-state index >= 15 is 0 Å². The lowest BCUT2D eigenvalue weighted by Crippen LogP contribution is -2.44. The number of carbonyl (C=O) groups is 1. The molecule has 1 aromatic carbocycles. The van der Waals surface area contributed by atoms with Crippen molar-refractivity contribution in [3.05, 3.63) is 35.9 Å². The molecule has 0 spiro atoms. The molecule has 3 atom stereocenters. The Morgan fingerprint density at radius 3 is 2.50 bits per heavy atom. The number of methoxy groups -OCH3 is 1. The Kier molecular flexibility index (Phi) is 4.42. The van der Waals surface area contributed by atoms with Gasteiger partial charge in [-0.25, -0.2) is 13.2 Å². The third kappa shape index (κ3) is 3.36. The van der Waals surface area contributed by atoms with Gasteiger partial charge in [0.05, 0.1) is 24.7 Å². The fourth-order valence-electron chi connectivity index (χ4n) is 2.27. The van der Waals surface area contributed by atoms with Gasteiger partial charge in [-0.3, -0.25) is 5.32 Å². The SMILES string of the molecule is COC(=O)C(NC1CS(=O)(=O)CC1O)c1ccccc1. The summed E-state index contributed by atoms with van der Waals surface area (Å²) in [6.45, 7) is 0. The average molecular weight is 299 g/mol. The minimum Gasteiger partial charge on any atom is -0.468 e. The number of nitrogens with one attached hydrogen (secondary N) is 1. The zero-order valence-electron chi connectivity index (χ0n) is 11.0. The van der Waals surface area contributed by atoms with Crippen LogP contribution in [-0.2, 0) is 19.4 Å². The Morgan fingerprint density at radius 1 is 1.35 bits per heavy atom. The fourth-order valence-corrected chi connectivity index (χ4v) is 4.02. The first-order valence-electron chi connectivity index (χ1n) is 6.20. The second-order valence-electron chi connectivity index (χ2n) is 4.78. The van der Waals surface area contributed by atoms with Gasteiger partial charge >= 0.3 is 5.97 Å². The number of hydrogen-bond acceptors (Lipinski definition) is 6. The molecule has 3 unspecified atom stereocenters. The Morgan fingerprint density at radius 2 is 2.00 bits per heavy atom. The summed E-state index contributed by atoms with van der Waals surface area (Å²) in [4.78, 5) is 11.9. The van der Waals surface area contributed by atoms with Crippen molar-refractivity contribution in [2.75, 3.05) is 18.6 Å². The minimum atomic E-state index is -3.27. The van der Waals surface area contributed by atoms with E-state index in [4.69, 9.17) is 4.74 Å². The normalized spacial score (nSPS) is 26.1. The van der Waals surface area contributed by atoms with E-state index in [0.717, 1.165) is 0 Å². The number of ether oxygens (including phenoxy) is 1. The lowest BCUT2D eigenvalue weighted by Gasteiger charge is -2.22. The van der Waals surface area contributed by atoms with Crippen LogP contribution in [-0.4, -0.2) is 50.3 Å². The summed E-state index contributed by atoms with van der Waals surface area (Å²) in [5.41, 5.74) is 0.663. The van der Waals surface area contributed by atoms with Gasteiger partial charge in [0, 0.05) is 6.04 Å². The third-order valence-electron chi connectivity index (χ3n) is 3.27. The molecule has 1 aliphatic heterocycles. The van der Waals surface area contributed by atoms with Crippen molar-refractivity contribution in [2.45, 2.75) is 18.2 Å². The lowest BCUT2D eigenvalue weighted by molar-refractivity contribution is -0.143. The number of aliphatic hydroxyl groups is 1. The summed E-state index contributed by atoms with van der Waals surface area (Å²) in [6, 6.07) is 7.36. The van der Waals surface area contributed by atoms with E-state index in [9.17, 15) is 18.3 Å². The summed E-state index contributed by atoms with van der Waals surface area (Å²) in [7, 11) is -2.00. The van der Waals surface area contributed by atoms with E-state index < -0.39 is 34.0 Å². The maximum absolute atomic E-state index is 11.9. The van der Waals surface area contributed by atoms with Crippen LogP contribution in [0.25, 0.3) is 0 Å². The number of aliphatic hydroxyl groups excluding tert-OH is 1. The first-order valence-corrected chi connectivity index (χ1v) is 8.02. The summed E-state index contributed by atoms with van der Waals surface area (Å²) >= 11 is 0. The van der Waals surface area contributed by atoms with Crippen LogP contribution >= 0.6 is 0 Å². The standard InChI is InChI=1S/C13H17NO5S/c1-19-13(16)12(9-5-3-2-4-6-9)14-10-7-20(17,18)8-11(10)15/h2-6,10-12,14-15H,7-8H2,1H3. The molecule has 0 saturated carbocycles. The van der Waals surface area contributed by atoms with Crippen LogP contribution in [0.2, 0.25) is 0 Å². The molecule has 0 aliphatic carbocycles. The highest BCUT2D eigenvalue weighted by Crippen LogP contribution is 2.20. The number of benzene rings is 1. The van der Waals surface area contributed by atoms with Crippen LogP contribution < -0.4 is 5.32 Å². The van der Waals surface area contributed by atoms with Crippen LogP contribution in [0.3, 0.4) is 0 Å². The molecule has 0 aromatic heterocycles. The van der Waals surface area contributed by atoms with Crippen LogP contribution in [0.4, 0.5) is 0 Å². The van der Waals surface area contributed by atoms with E-state index in [1.807, 2.05) is 6.07 Å². The largest absolute Gasteiger partial charge is 0.468 e. The maximum Gasteiger partial charge on any atom is 0.327 e. The zero-order chi connectivity index (χ0) is 14.8. The predicted molar refractivity (Wildman–Crippen MR) is 72.8 cm³/mol. The molecule has 7 heteroatoms. The average Bonchev–Trinajstić information content (AvgIpc) is 2.68. The van der Waals surface area contributed by atoms with Crippen molar-refractivity contribution in [3.63, 3.8) is 0 Å². The minimum absolute atomic E-state index is 0.186. The molecule has 0 radical (unpaired) electrons. The third-order valence-corrected chi connectivity index (χ3v) is 4.99. The van der Waals surface area contributed by atoms with Crippen molar-refractivity contribution < 1.29 is 23.1 Å². The van der Waals surface area contributed by atoms with E-state index in [0.29, 0.717) is 5.56 Å². The van der Waals surface area contributed by atoms with E-state index in [2.05, 4.69) is 5.32 Å². The molecule has 1 saturated heterocycles. The van der Waals surface area contributed by atoms with Crippen LogP contribution in [0, 0.1) is 0 Å². The van der Waals surface area contributed by atoms with Crippen molar-refractivity contribution in [3.8, 4) is 0 Å². The molecule has 6 nitrogen and oxygen atoms in total. The number of sulfone groups is 1. The molecule has 2 N–H and O–H groups in total. The smallest absolute Gasteiger partial charge is 0.327 e. The van der Waals surface area contributed by atoms with Gasteiger partial charge in [-0.15, -0.1) is 0 Å². The number of rotatable bonds is 4. The van der Waals surface area contributed by atoms with Gasteiger partial charge in [-0.1, -0.05) is 30.3 Å². The van der Waals surface area contributed by atoms with Gasteiger partial charge in [0.15, 0.2) is 9.84 Å². The molecule has 110 valence electrons. The van der Waals surface area contributed by atoms with E-state index in [-0.39, 0.29) is 11.5 Å². The summed E-state index contributed by atoms with van der Waals surface area (Å²) in [6.07, 6.45) is -1.02. The Bertz CT molecular complexity index is 572. The quantitative estimate of drug-likeness (QED) is 0.738. The molecular weight excluding hydrogens is 282 g/mol. The van der Waals surface area contributed by atoms with Crippen LogP contribution in [0.1, 0.15) is 11.6 Å². The van der Waals surface area contributed by atoms with Gasteiger partial charge < -0.3 is 9.84 Å². The fraction of sp³-hybridized carbons (Fsp3) is 0.462. The topological polar surface area (TPSA) is 92.7 Å². The highest BCUT2D eigenvalue weighted by molar-refractivity contribution is 7.91. The molecule has 20 heavy (non-hydrogen) atoms. The Balaban J connectivity index is 2.20. The first-order chi connectivity index (χ1) is 9.43. The van der Waals surface area contributed by atoms with Gasteiger partial charge in [0.1, 0.15) is 6.04 Å². The lowest BCUT2D eigenvalue weighted by atomic mass is 10.1. The summed E-state index contributed by atoms with van der Waals surface area (Å²) in [5, 5.41) is 12.7. The van der Waals surface area contributed by atoms with Gasteiger partial charge in [-0.05, 0) is 5.56 Å². The van der Waals surface area contributed by atoms with Crippen molar-refractivity contribution >= 4 is 15.8 Å². The second kappa shape index (κ2) is 5.90. The van der Waals surface area contributed by atoms with Gasteiger partial charge in [0.2, 0.25) is 0 Å². The first kappa shape index (κ1) is 15.0. The Labute approximate surface area is 117 Å². The second-order valence-corrected chi connectivity index (χ2v) is 6.94. The molecule has 1 aromatic rings. The zero-order valence-corrected chi connectivity index (χ0v) is 11.8. The molecular formula is C13H17NO5S. The highest BCUT2D eigenvalue weighted by Gasteiger charge is 2.39. The number of hydrogen-bond donors (Lipinski definition) is 2. The van der Waals surface area contributed by atoms with Gasteiger partial charge in [0.25, 0.3) is 0 Å². The monoisotopic (exact) mass is 299 g/mol. The maximum atomic E-state index is 11.9. The van der Waals surface area contributed by atoms with Crippen LogP contribution in [0.5, 0.6) is 0 Å². The van der Waals surface area contributed by atoms with Crippen molar-refractivity contribution in [2.24, 2.45) is 0 Å². The number of esters is 1. The Hall–Kier alpha value is -1.44. The van der Waals surface area contributed by atoms with Crippen molar-refractivity contribution in [1.82, 2.24) is 5.32 Å².